The molecule has 1 aliphatic heterocycles. The molecule has 0 radical (unpaired) electrons. The molecule has 0 aromatic rings. The first kappa shape index (κ1) is 11.3. The molecule has 0 aromatic carbocycles. The number of carboxylic acid groups (broad SMARTS) is 1. The van der Waals surface area contributed by atoms with Crippen molar-refractivity contribution in [3.63, 3.8) is 0 Å². The van der Waals surface area contributed by atoms with Crippen LogP contribution in [-0.4, -0.2) is 62.2 Å². The lowest BCUT2D eigenvalue weighted by Gasteiger charge is -2.31. The van der Waals surface area contributed by atoms with Gasteiger partial charge in [0.25, 0.3) is 0 Å². The molecule has 1 heterocycles. The topological polar surface area (TPSA) is 86.7 Å². The standard InChI is InChI=1S/C7H14N2O4S/c1-14(12,13)5-6-4-9(7(10)11)3-2-8-6/h6,8H,2-5H2,1H3,(H,10,11)/t6-/m0/s1. The number of hydrogen-bond acceptors (Lipinski definition) is 4. The van der Waals surface area contributed by atoms with E-state index < -0.39 is 15.9 Å². The number of rotatable bonds is 2. The second kappa shape index (κ2) is 4.14. The summed E-state index contributed by atoms with van der Waals surface area (Å²) >= 11 is 0. The Morgan fingerprint density at radius 2 is 2.29 bits per heavy atom. The molecule has 1 aliphatic rings. The van der Waals surface area contributed by atoms with Crippen LogP contribution in [0, 0.1) is 0 Å². The minimum atomic E-state index is -3.05. The number of hydrogen-bond donors (Lipinski definition) is 2. The smallest absolute Gasteiger partial charge is 0.407 e. The van der Waals surface area contributed by atoms with Gasteiger partial charge < -0.3 is 15.3 Å². The van der Waals surface area contributed by atoms with Crippen molar-refractivity contribution in [2.24, 2.45) is 0 Å². The summed E-state index contributed by atoms with van der Waals surface area (Å²) in [6.07, 6.45) is 0.152. The first-order valence-electron chi connectivity index (χ1n) is 4.27. The Morgan fingerprint density at radius 1 is 1.64 bits per heavy atom. The van der Waals surface area contributed by atoms with E-state index in [1.165, 1.54) is 4.90 Å². The number of piperazine rings is 1. The fourth-order valence-electron chi connectivity index (χ4n) is 1.48. The second-order valence-corrected chi connectivity index (χ2v) is 5.66. The van der Waals surface area contributed by atoms with Crippen molar-refractivity contribution in [2.45, 2.75) is 6.04 Å². The Bertz CT molecular complexity index is 314. The lowest BCUT2D eigenvalue weighted by Crippen LogP contribution is -2.54. The molecule has 82 valence electrons. The molecule has 0 saturated carbocycles. The molecule has 0 unspecified atom stereocenters. The maximum absolute atomic E-state index is 11.0. The highest BCUT2D eigenvalue weighted by Crippen LogP contribution is 2.01. The average Bonchev–Trinajstić information content (AvgIpc) is 2.01. The maximum Gasteiger partial charge on any atom is 0.407 e. The number of sulfone groups is 1. The van der Waals surface area contributed by atoms with Gasteiger partial charge in [-0.3, -0.25) is 0 Å². The summed E-state index contributed by atoms with van der Waals surface area (Å²) in [5.41, 5.74) is 0. The molecule has 0 spiro atoms. The zero-order chi connectivity index (χ0) is 10.8. The number of carbonyl (C=O) groups is 1. The maximum atomic E-state index is 11.0. The number of nitrogens with zero attached hydrogens (tertiary/aromatic N) is 1. The summed E-state index contributed by atoms with van der Waals surface area (Å²) in [6, 6.07) is -0.283. The van der Waals surface area contributed by atoms with Gasteiger partial charge in [-0.2, -0.15) is 0 Å². The fourth-order valence-corrected chi connectivity index (χ4v) is 2.43. The van der Waals surface area contributed by atoms with E-state index in [0.717, 1.165) is 6.26 Å². The summed E-state index contributed by atoms with van der Waals surface area (Å²) < 4.78 is 21.9. The van der Waals surface area contributed by atoms with Crippen molar-refractivity contribution >= 4 is 15.9 Å². The van der Waals surface area contributed by atoms with Crippen LogP contribution in [0.3, 0.4) is 0 Å². The normalized spacial score (nSPS) is 23.5. The molecule has 6 nitrogen and oxygen atoms in total. The Labute approximate surface area is 82.8 Å². The van der Waals surface area contributed by atoms with Crippen LogP contribution in [0.4, 0.5) is 4.79 Å². The van der Waals surface area contributed by atoms with E-state index in [0.29, 0.717) is 13.1 Å². The van der Waals surface area contributed by atoms with Gasteiger partial charge in [0.1, 0.15) is 9.84 Å². The van der Waals surface area contributed by atoms with E-state index in [2.05, 4.69) is 5.32 Å². The Balaban J connectivity index is 2.52. The zero-order valence-electron chi connectivity index (χ0n) is 7.93. The van der Waals surface area contributed by atoms with Gasteiger partial charge in [-0.15, -0.1) is 0 Å². The van der Waals surface area contributed by atoms with Crippen molar-refractivity contribution in [2.75, 3.05) is 31.6 Å². The van der Waals surface area contributed by atoms with Gasteiger partial charge in [0.15, 0.2) is 0 Å². The van der Waals surface area contributed by atoms with E-state index in [9.17, 15) is 13.2 Å². The molecule has 0 aliphatic carbocycles. The largest absolute Gasteiger partial charge is 0.465 e. The third-order valence-electron chi connectivity index (χ3n) is 2.03. The number of amides is 1. The Morgan fingerprint density at radius 3 is 2.79 bits per heavy atom. The van der Waals surface area contributed by atoms with Crippen molar-refractivity contribution < 1.29 is 18.3 Å². The predicted molar refractivity (Wildman–Crippen MR) is 51.1 cm³/mol. The number of nitrogens with one attached hydrogen (secondary N) is 1. The zero-order valence-corrected chi connectivity index (χ0v) is 8.75. The van der Waals surface area contributed by atoms with Gasteiger partial charge in [0.05, 0.1) is 5.75 Å². The van der Waals surface area contributed by atoms with E-state index in [1.54, 1.807) is 0 Å². The second-order valence-electron chi connectivity index (χ2n) is 3.47. The highest BCUT2D eigenvalue weighted by atomic mass is 32.2. The van der Waals surface area contributed by atoms with E-state index >= 15 is 0 Å². The average molecular weight is 222 g/mol. The van der Waals surface area contributed by atoms with E-state index in [4.69, 9.17) is 5.11 Å². The molecular weight excluding hydrogens is 208 g/mol. The lowest BCUT2D eigenvalue weighted by atomic mass is 10.2. The molecular formula is C7H14N2O4S. The molecule has 14 heavy (non-hydrogen) atoms. The first-order valence-corrected chi connectivity index (χ1v) is 6.33. The van der Waals surface area contributed by atoms with Crippen molar-refractivity contribution in [3.05, 3.63) is 0 Å². The van der Waals surface area contributed by atoms with Crippen molar-refractivity contribution in [1.29, 1.82) is 0 Å². The fraction of sp³-hybridized carbons (Fsp3) is 0.857. The summed E-state index contributed by atoms with van der Waals surface area (Å²) in [6.45, 7) is 1.16. The molecule has 0 aromatic heterocycles. The third-order valence-corrected chi connectivity index (χ3v) is 3.04. The summed E-state index contributed by atoms with van der Waals surface area (Å²) in [7, 11) is -3.05. The summed E-state index contributed by atoms with van der Waals surface area (Å²) in [5.74, 6) is -0.0171. The summed E-state index contributed by atoms with van der Waals surface area (Å²) in [5, 5.41) is 11.7. The van der Waals surface area contributed by atoms with Crippen LogP contribution in [0.5, 0.6) is 0 Å². The van der Waals surface area contributed by atoms with Crippen LogP contribution >= 0.6 is 0 Å². The third kappa shape index (κ3) is 3.51. The Kier molecular flexibility index (Phi) is 3.33. The van der Waals surface area contributed by atoms with Crippen LogP contribution in [0.25, 0.3) is 0 Å². The van der Waals surface area contributed by atoms with Gasteiger partial charge in [0.2, 0.25) is 0 Å². The minimum Gasteiger partial charge on any atom is -0.465 e. The van der Waals surface area contributed by atoms with Crippen LogP contribution in [0.1, 0.15) is 0 Å². The van der Waals surface area contributed by atoms with Gasteiger partial charge in [-0.1, -0.05) is 0 Å². The molecule has 1 rings (SSSR count). The Hall–Kier alpha value is -0.820. The first-order chi connectivity index (χ1) is 6.38. The molecule has 1 fully saturated rings. The van der Waals surface area contributed by atoms with Crippen molar-refractivity contribution in [3.8, 4) is 0 Å². The SMILES string of the molecule is CS(=O)(=O)C[C@@H]1CN(C(=O)O)CCN1. The molecule has 1 atom stereocenters. The van der Waals surface area contributed by atoms with E-state index in [1.807, 2.05) is 0 Å². The van der Waals surface area contributed by atoms with Gasteiger partial charge in [0, 0.05) is 31.9 Å². The monoisotopic (exact) mass is 222 g/mol. The summed E-state index contributed by atoms with van der Waals surface area (Å²) in [4.78, 5) is 11.8. The van der Waals surface area contributed by atoms with Gasteiger partial charge in [-0.05, 0) is 0 Å². The predicted octanol–water partition coefficient (Wildman–Crippen LogP) is -1.02. The van der Waals surface area contributed by atoms with E-state index in [-0.39, 0.29) is 18.3 Å². The highest BCUT2D eigenvalue weighted by Gasteiger charge is 2.24. The molecule has 7 heteroatoms. The molecule has 2 N–H and O–H groups in total. The van der Waals surface area contributed by atoms with Crippen LogP contribution in [0.2, 0.25) is 0 Å². The highest BCUT2D eigenvalue weighted by molar-refractivity contribution is 7.90. The van der Waals surface area contributed by atoms with Crippen LogP contribution in [0.15, 0.2) is 0 Å². The van der Waals surface area contributed by atoms with Crippen LogP contribution in [-0.2, 0) is 9.84 Å². The van der Waals surface area contributed by atoms with Gasteiger partial charge >= 0.3 is 6.09 Å². The van der Waals surface area contributed by atoms with Crippen LogP contribution < -0.4 is 5.32 Å². The minimum absolute atomic E-state index is 0.0171. The molecule has 1 amide bonds. The van der Waals surface area contributed by atoms with Gasteiger partial charge in [-0.25, -0.2) is 13.2 Å². The van der Waals surface area contributed by atoms with Crippen molar-refractivity contribution in [1.82, 2.24) is 10.2 Å². The molecule has 1 saturated heterocycles. The lowest BCUT2D eigenvalue weighted by molar-refractivity contribution is 0.131. The quantitative estimate of drug-likeness (QED) is 0.624. The molecule has 0 bridgehead atoms.